The Hall–Kier alpha value is 1.37. The maximum absolute atomic E-state index is 13.4. The summed E-state index contributed by atoms with van der Waals surface area (Å²) in [5, 5.41) is 21.3. The van der Waals surface area contributed by atoms with Gasteiger partial charge in [0.25, 0.3) is 0 Å². The first-order chi connectivity index (χ1) is 15.4. The number of phenols is 2. The van der Waals surface area contributed by atoms with Crippen LogP contribution in [0.5, 0.6) is 23.0 Å². The molecule has 0 saturated carbocycles. The highest BCUT2D eigenvalue weighted by Crippen LogP contribution is 2.63. The van der Waals surface area contributed by atoms with Gasteiger partial charge in [0.05, 0.1) is 31.0 Å². The number of phenolic OH excluding ortho intramolecular Hbond substituents is 2. The van der Waals surface area contributed by atoms with Crippen molar-refractivity contribution >= 4 is 160 Å². The third-order valence-corrected chi connectivity index (χ3v) is 13.7. The van der Waals surface area contributed by atoms with Crippen LogP contribution in [0.15, 0.2) is 30.0 Å². The van der Waals surface area contributed by atoms with E-state index in [1.807, 2.05) is 90.4 Å². The normalized spacial score (nSPS) is 15.1. The molecule has 0 saturated heterocycles. The largest absolute Gasteiger partial charge is 0.506 e. The van der Waals surface area contributed by atoms with E-state index in [2.05, 4.69) is 63.7 Å². The lowest BCUT2D eigenvalue weighted by atomic mass is 9.77. The van der Waals surface area contributed by atoms with E-state index in [1.54, 1.807) is 12.1 Å². The lowest BCUT2D eigenvalue weighted by Gasteiger charge is -2.38. The Morgan fingerprint density at radius 1 is 0.758 bits per heavy atom. The lowest BCUT2D eigenvalue weighted by molar-refractivity contribution is 0.0220. The van der Waals surface area contributed by atoms with Crippen LogP contribution in [-0.4, -0.2) is 16.2 Å². The van der Waals surface area contributed by atoms with Gasteiger partial charge in [-0.3, -0.25) is 0 Å². The SMILES string of the molecule is O=C1OC2(c3cc(I)c(O)c(I)c3Oc3c2cc(I)c(O)c3I)c2c(Br)c(Br)c(Br)c(Br)c21. The Morgan fingerprint density at radius 3 is 1.70 bits per heavy atom. The summed E-state index contributed by atoms with van der Waals surface area (Å²) >= 11 is 22.5. The number of ether oxygens (including phenoxy) is 2. The predicted octanol–water partition coefficient (Wildman–Crippen LogP) is 9.13. The van der Waals surface area contributed by atoms with E-state index >= 15 is 0 Å². The van der Waals surface area contributed by atoms with Crippen molar-refractivity contribution in [1.29, 1.82) is 0 Å². The van der Waals surface area contributed by atoms with Gasteiger partial charge in [-0.05, 0) is 166 Å². The molecular formula is C20H4Br4I4O5. The van der Waals surface area contributed by atoms with Gasteiger partial charge >= 0.3 is 5.97 Å². The van der Waals surface area contributed by atoms with Gasteiger partial charge in [-0.15, -0.1) is 0 Å². The second-order valence-corrected chi connectivity index (χ2v) is 14.6. The van der Waals surface area contributed by atoms with Gasteiger partial charge in [-0.2, -0.15) is 0 Å². The van der Waals surface area contributed by atoms with Crippen molar-refractivity contribution in [3.8, 4) is 23.0 Å². The molecule has 3 aromatic carbocycles. The van der Waals surface area contributed by atoms with Gasteiger partial charge in [-0.25, -0.2) is 4.79 Å². The summed E-state index contributed by atoms with van der Waals surface area (Å²) in [7, 11) is 0. The maximum atomic E-state index is 13.4. The number of halogens is 8. The number of fused-ring (bicyclic) bond motifs is 6. The van der Waals surface area contributed by atoms with Crippen molar-refractivity contribution in [3.05, 3.63) is 66.6 Å². The molecule has 3 aromatic rings. The second-order valence-electron chi connectivity index (χ2n) is 6.97. The van der Waals surface area contributed by atoms with Crippen LogP contribution in [0.1, 0.15) is 27.0 Å². The number of benzene rings is 3. The summed E-state index contributed by atoms with van der Waals surface area (Å²) in [6, 6.07) is 3.53. The van der Waals surface area contributed by atoms with Crippen LogP contribution in [0, 0.1) is 14.3 Å². The minimum absolute atomic E-state index is 0.0695. The molecule has 0 unspecified atom stereocenters. The summed E-state index contributed by atoms with van der Waals surface area (Å²) in [4.78, 5) is 13.4. The highest BCUT2D eigenvalue weighted by atomic mass is 127. The third kappa shape index (κ3) is 3.54. The van der Waals surface area contributed by atoms with E-state index < -0.39 is 11.6 Å². The molecule has 2 heterocycles. The van der Waals surface area contributed by atoms with Crippen molar-refractivity contribution in [2.45, 2.75) is 5.60 Å². The third-order valence-electron chi connectivity index (χ3n) is 5.33. The molecule has 0 radical (unpaired) electrons. The van der Waals surface area contributed by atoms with Gasteiger partial charge in [0, 0.05) is 23.5 Å². The minimum Gasteiger partial charge on any atom is -0.506 e. The number of carbonyl (C=O) groups is 1. The lowest BCUT2D eigenvalue weighted by Crippen LogP contribution is -2.34. The summed E-state index contributed by atoms with van der Waals surface area (Å²) < 4.78 is 17.3. The van der Waals surface area contributed by atoms with E-state index in [4.69, 9.17) is 9.47 Å². The zero-order chi connectivity index (χ0) is 24.1. The number of esters is 1. The molecule has 33 heavy (non-hydrogen) atoms. The summed E-state index contributed by atoms with van der Waals surface area (Å²) in [6.45, 7) is 0. The van der Waals surface area contributed by atoms with E-state index in [9.17, 15) is 15.0 Å². The van der Waals surface area contributed by atoms with E-state index in [0.717, 1.165) is 0 Å². The van der Waals surface area contributed by atoms with Gasteiger partial charge < -0.3 is 19.7 Å². The molecule has 2 aliphatic heterocycles. The molecule has 170 valence electrons. The van der Waals surface area contributed by atoms with Crippen LogP contribution in [0.2, 0.25) is 0 Å². The van der Waals surface area contributed by atoms with Crippen LogP contribution < -0.4 is 4.74 Å². The molecular weight excluding hydrogens is 1150 g/mol. The molecule has 0 aliphatic carbocycles. The van der Waals surface area contributed by atoms with E-state index in [1.165, 1.54) is 0 Å². The Kier molecular flexibility index (Phi) is 7.08. The molecule has 5 nitrogen and oxygen atoms in total. The highest BCUT2D eigenvalue weighted by molar-refractivity contribution is 14.1. The minimum atomic E-state index is -1.39. The fraction of sp³-hybridized carbons (Fsp3) is 0.0500. The Bertz CT molecular complexity index is 1400. The number of rotatable bonds is 0. The van der Waals surface area contributed by atoms with Crippen molar-refractivity contribution < 1.29 is 24.5 Å². The van der Waals surface area contributed by atoms with Crippen molar-refractivity contribution in [3.63, 3.8) is 0 Å². The average Bonchev–Trinajstić information content (AvgIpc) is 3.08. The first kappa shape index (κ1) is 26.0. The fourth-order valence-electron chi connectivity index (χ4n) is 3.93. The molecule has 0 amide bonds. The monoisotopic (exact) mass is 1150 g/mol. The second kappa shape index (κ2) is 8.99. The zero-order valence-electron chi connectivity index (χ0n) is 15.3. The number of aromatic hydroxyl groups is 2. The average molecular weight is 1150 g/mol. The molecule has 1 spiro atoms. The van der Waals surface area contributed by atoms with Gasteiger partial charge in [0.15, 0.2) is 17.1 Å². The first-order valence-electron chi connectivity index (χ1n) is 8.63. The molecule has 0 bridgehead atoms. The van der Waals surface area contributed by atoms with E-state index in [-0.39, 0.29) is 11.5 Å². The highest BCUT2D eigenvalue weighted by Gasteiger charge is 2.57. The van der Waals surface area contributed by atoms with Gasteiger partial charge in [0.1, 0.15) is 11.5 Å². The smallest absolute Gasteiger partial charge is 0.341 e. The number of carbonyl (C=O) groups excluding carboxylic acids is 1. The zero-order valence-corrected chi connectivity index (χ0v) is 30.3. The van der Waals surface area contributed by atoms with Crippen LogP contribution in [0.25, 0.3) is 0 Å². The van der Waals surface area contributed by atoms with Crippen molar-refractivity contribution in [2.75, 3.05) is 0 Å². The van der Waals surface area contributed by atoms with E-state index in [0.29, 0.717) is 65.9 Å². The van der Waals surface area contributed by atoms with Crippen LogP contribution in [0.3, 0.4) is 0 Å². The molecule has 2 aliphatic rings. The molecule has 0 fully saturated rings. The van der Waals surface area contributed by atoms with Crippen molar-refractivity contribution in [1.82, 2.24) is 0 Å². The van der Waals surface area contributed by atoms with Gasteiger partial charge in [0.2, 0.25) is 0 Å². The Balaban J connectivity index is 2.05. The summed E-state index contributed by atoms with van der Waals surface area (Å²) in [6.07, 6.45) is 0. The molecule has 0 aromatic heterocycles. The standard InChI is InChI=1S/C20H4Br4I4O5/c21-9-7-8(10(22)12(24)11(9)23)20(33-19(7)31)3-1-5(25)15(29)13(27)17(3)32-18-4(20)2-6(26)16(30)14(18)28/h1-2,29-30H. The Morgan fingerprint density at radius 2 is 1.21 bits per heavy atom. The number of hydrogen-bond acceptors (Lipinski definition) is 5. The quantitative estimate of drug-likeness (QED) is 0.102. The fourth-order valence-corrected chi connectivity index (χ4v) is 10.1. The predicted molar refractivity (Wildman–Crippen MR) is 170 cm³/mol. The van der Waals surface area contributed by atoms with Crippen LogP contribution >= 0.6 is 154 Å². The van der Waals surface area contributed by atoms with Gasteiger partial charge in [-0.1, -0.05) is 0 Å². The molecule has 0 atom stereocenters. The number of hydrogen-bond donors (Lipinski definition) is 2. The molecule has 5 rings (SSSR count). The summed E-state index contributed by atoms with van der Waals surface area (Å²) in [5.74, 6) is 0.352. The maximum Gasteiger partial charge on any atom is 0.341 e. The molecule has 2 N–H and O–H groups in total. The van der Waals surface area contributed by atoms with Crippen molar-refractivity contribution in [2.24, 2.45) is 0 Å². The van der Waals surface area contributed by atoms with Crippen LogP contribution in [-0.2, 0) is 10.3 Å². The first-order valence-corrected chi connectivity index (χ1v) is 16.1. The molecule has 13 heteroatoms. The Labute approximate surface area is 275 Å². The topological polar surface area (TPSA) is 76.0 Å². The summed E-state index contributed by atoms with van der Waals surface area (Å²) in [5.41, 5.74) is 0.725. The van der Waals surface area contributed by atoms with Crippen LogP contribution in [0.4, 0.5) is 0 Å².